The van der Waals surface area contributed by atoms with E-state index in [4.69, 9.17) is 12.2 Å². The minimum absolute atomic E-state index is 0.152. The fourth-order valence-electron chi connectivity index (χ4n) is 4.22. The number of aromatic nitrogens is 2. The van der Waals surface area contributed by atoms with E-state index < -0.39 is 10.0 Å². The van der Waals surface area contributed by atoms with Gasteiger partial charge in [0.1, 0.15) is 0 Å². The second-order valence-electron chi connectivity index (χ2n) is 8.11. The monoisotopic (exact) mass is 489 g/mol. The van der Waals surface area contributed by atoms with E-state index in [1.54, 1.807) is 18.3 Å². The highest BCUT2D eigenvalue weighted by atomic mass is 32.2. The summed E-state index contributed by atoms with van der Waals surface area (Å²) in [4.78, 5) is 6.65. The molecular weight excluding hydrogens is 466 g/mol. The molecule has 0 radical (unpaired) electrons. The zero-order valence-corrected chi connectivity index (χ0v) is 20.0. The molecule has 4 aromatic rings. The van der Waals surface area contributed by atoms with Crippen molar-refractivity contribution >= 4 is 38.7 Å². The molecule has 1 aliphatic rings. The highest BCUT2D eigenvalue weighted by molar-refractivity contribution is 7.92. The lowest BCUT2D eigenvalue weighted by atomic mass is 9.98. The quantitative estimate of drug-likeness (QED) is 0.391. The van der Waals surface area contributed by atoms with Crippen LogP contribution in [-0.2, 0) is 10.0 Å². The normalized spacial score (nSPS) is 18.0. The Balaban J connectivity index is 1.55. The van der Waals surface area contributed by atoms with Gasteiger partial charge in [-0.3, -0.25) is 9.71 Å². The van der Waals surface area contributed by atoms with Crippen LogP contribution in [0.25, 0.3) is 5.69 Å². The van der Waals surface area contributed by atoms with Gasteiger partial charge in [0.25, 0.3) is 0 Å². The van der Waals surface area contributed by atoms with Crippen molar-refractivity contribution in [2.45, 2.75) is 12.1 Å². The molecule has 2 aromatic carbocycles. The van der Waals surface area contributed by atoms with Crippen LogP contribution < -0.4 is 14.9 Å². The van der Waals surface area contributed by atoms with E-state index in [1.807, 2.05) is 54.7 Å². The maximum atomic E-state index is 11.6. The summed E-state index contributed by atoms with van der Waals surface area (Å²) in [5.41, 5.74) is 4.38. The number of nitrogens with one attached hydrogen (secondary N) is 2. The second-order valence-corrected chi connectivity index (χ2v) is 10.2. The summed E-state index contributed by atoms with van der Waals surface area (Å²) in [5, 5.41) is 4.02. The van der Waals surface area contributed by atoms with E-state index in [0.717, 1.165) is 28.9 Å². The lowest BCUT2D eigenvalue weighted by molar-refractivity contribution is 0.568. The summed E-state index contributed by atoms with van der Waals surface area (Å²) in [6, 6.07) is 25.0. The van der Waals surface area contributed by atoms with Crippen LogP contribution in [0.4, 0.5) is 11.4 Å². The highest BCUT2D eigenvalue weighted by Gasteiger charge is 2.41. The Morgan fingerprint density at radius 1 is 0.941 bits per heavy atom. The highest BCUT2D eigenvalue weighted by Crippen LogP contribution is 2.42. The van der Waals surface area contributed by atoms with Crippen LogP contribution in [0.3, 0.4) is 0 Å². The van der Waals surface area contributed by atoms with Crippen LogP contribution in [0.1, 0.15) is 23.3 Å². The Hall–Kier alpha value is -3.69. The summed E-state index contributed by atoms with van der Waals surface area (Å²) in [6.07, 6.45) is 7.06. The Morgan fingerprint density at radius 2 is 1.68 bits per heavy atom. The van der Waals surface area contributed by atoms with Gasteiger partial charge in [-0.15, -0.1) is 0 Å². The van der Waals surface area contributed by atoms with Crippen LogP contribution in [0.5, 0.6) is 0 Å². The fraction of sp³-hybridized carbons (Fsp3) is 0.120. The first kappa shape index (κ1) is 22.1. The largest absolute Gasteiger partial charge is 0.351 e. The molecule has 1 aliphatic heterocycles. The molecule has 2 N–H and O–H groups in total. The predicted octanol–water partition coefficient (Wildman–Crippen LogP) is 4.42. The third kappa shape index (κ3) is 4.52. The molecule has 0 amide bonds. The summed E-state index contributed by atoms with van der Waals surface area (Å²) in [5.74, 6) is 0. The molecule has 7 nitrogen and oxygen atoms in total. The van der Waals surface area contributed by atoms with Crippen molar-refractivity contribution in [3.05, 3.63) is 109 Å². The number of para-hydroxylation sites is 1. The van der Waals surface area contributed by atoms with Crippen LogP contribution in [0.15, 0.2) is 97.5 Å². The first-order valence-corrected chi connectivity index (χ1v) is 13.0. The van der Waals surface area contributed by atoms with Crippen molar-refractivity contribution < 1.29 is 8.42 Å². The summed E-state index contributed by atoms with van der Waals surface area (Å²) >= 11 is 5.77. The van der Waals surface area contributed by atoms with Gasteiger partial charge in [-0.1, -0.05) is 24.3 Å². The number of sulfonamides is 1. The molecule has 9 heteroatoms. The van der Waals surface area contributed by atoms with Crippen LogP contribution in [0, 0.1) is 0 Å². The molecule has 0 spiro atoms. The molecule has 2 aromatic heterocycles. The Labute approximate surface area is 204 Å². The molecule has 2 atom stereocenters. The SMILES string of the molecule is CS(=O)(=O)Nc1ccc(N2C(=S)N[C@@H](c3ccccn3)[C@@H]2c2ccn(-c3ccccc3)c2)cc1. The zero-order valence-electron chi connectivity index (χ0n) is 18.4. The first-order valence-electron chi connectivity index (χ1n) is 10.7. The van der Waals surface area contributed by atoms with E-state index in [0.29, 0.717) is 10.8 Å². The van der Waals surface area contributed by atoms with Crippen molar-refractivity contribution in [3.63, 3.8) is 0 Å². The number of benzene rings is 2. The number of nitrogens with zero attached hydrogens (tertiary/aromatic N) is 3. The van der Waals surface area contributed by atoms with Crippen molar-refractivity contribution in [2.75, 3.05) is 15.9 Å². The number of pyridine rings is 1. The van der Waals surface area contributed by atoms with Crippen molar-refractivity contribution in [2.24, 2.45) is 0 Å². The van der Waals surface area contributed by atoms with Crippen LogP contribution >= 0.6 is 12.2 Å². The molecule has 34 heavy (non-hydrogen) atoms. The van der Waals surface area contributed by atoms with Gasteiger partial charge >= 0.3 is 0 Å². The predicted molar refractivity (Wildman–Crippen MR) is 139 cm³/mol. The van der Waals surface area contributed by atoms with Gasteiger partial charge in [0.15, 0.2) is 5.11 Å². The van der Waals surface area contributed by atoms with Gasteiger partial charge in [-0.2, -0.15) is 0 Å². The number of anilines is 2. The molecule has 0 unspecified atom stereocenters. The summed E-state index contributed by atoms with van der Waals surface area (Å²) in [7, 11) is -3.35. The Morgan fingerprint density at radius 3 is 2.35 bits per heavy atom. The van der Waals surface area contributed by atoms with Gasteiger partial charge < -0.3 is 14.8 Å². The van der Waals surface area contributed by atoms with E-state index in [2.05, 4.69) is 48.9 Å². The lowest BCUT2D eigenvalue weighted by Crippen LogP contribution is -2.29. The summed E-state index contributed by atoms with van der Waals surface area (Å²) < 4.78 is 27.8. The van der Waals surface area contributed by atoms with E-state index in [1.165, 1.54) is 0 Å². The molecule has 0 bridgehead atoms. The van der Waals surface area contributed by atoms with E-state index in [9.17, 15) is 8.42 Å². The average Bonchev–Trinajstić information content (AvgIpc) is 3.44. The minimum atomic E-state index is -3.35. The number of thiocarbonyl (C=S) groups is 1. The molecule has 0 saturated carbocycles. The average molecular weight is 490 g/mol. The lowest BCUT2D eigenvalue weighted by Gasteiger charge is -2.27. The maximum Gasteiger partial charge on any atom is 0.229 e. The fourth-order valence-corrected chi connectivity index (χ4v) is 5.13. The Bertz CT molecular complexity index is 1400. The topological polar surface area (TPSA) is 79.3 Å². The summed E-state index contributed by atoms with van der Waals surface area (Å²) in [6.45, 7) is 0. The van der Waals surface area contributed by atoms with Gasteiger partial charge in [-0.25, -0.2) is 8.42 Å². The minimum Gasteiger partial charge on any atom is -0.351 e. The van der Waals surface area contributed by atoms with Crippen molar-refractivity contribution in [1.82, 2.24) is 14.9 Å². The second kappa shape index (κ2) is 8.92. The van der Waals surface area contributed by atoms with Crippen LogP contribution in [-0.4, -0.2) is 29.3 Å². The third-order valence-electron chi connectivity index (χ3n) is 5.66. The van der Waals surface area contributed by atoms with Gasteiger partial charge in [0.05, 0.1) is 24.0 Å². The molecule has 0 aliphatic carbocycles. The van der Waals surface area contributed by atoms with Gasteiger partial charge in [0.2, 0.25) is 10.0 Å². The number of rotatable bonds is 6. The first-order chi connectivity index (χ1) is 16.4. The number of hydrogen-bond acceptors (Lipinski definition) is 4. The molecule has 1 saturated heterocycles. The van der Waals surface area contributed by atoms with Gasteiger partial charge in [0, 0.05) is 35.7 Å². The maximum absolute atomic E-state index is 11.6. The molecular formula is C25H23N5O2S2. The van der Waals surface area contributed by atoms with Gasteiger partial charge in [-0.05, 0) is 72.4 Å². The van der Waals surface area contributed by atoms with Crippen molar-refractivity contribution in [1.29, 1.82) is 0 Å². The molecule has 1 fully saturated rings. The van der Waals surface area contributed by atoms with E-state index in [-0.39, 0.29) is 12.1 Å². The van der Waals surface area contributed by atoms with E-state index >= 15 is 0 Å². The van der Waals surface area contributed by atoms with Crippen LogP contribution in [0.2, 0.25) is 0 Å². The molecule has 172 valence electrons. The number of hydrogen-bond donors (Lipinski definition) is 2. The smallest absolute Gasteiger partial charge is 0.229 e. The Kier molecular flexibility index (Phi) is 5.80. The molecule has 3 heterocycles. The van der Waals surface area contributed by atoms with Crippen molar-refractivity contribution in [3.8, 4) is 5.69 Å². The molecule has 5 rings (SSSR count). The standard InChI is InChI=1S/C25H23N5O2S2/c1-34(31,32)28-19-10-12-21(13-11-19)30-24(23(27-25(30)33)22-9-5-6-15-26-22)18-14-16-29(17-18)20-7-3-2-4-8-20/h2-17,23-24,28H,1H3,(H,27,33)/t23-,24-/m0/s1. The third-order valence-corrected chi connectivity index (χ3v) is 6.58. The zero-order chi connectivity index (χ0) is 23.7.